The summed E-state index contributed by atoms with van der Waals surface area (Å²) in [7, 11) is 2.61. The first-order chi connectivity index (χ1) is 65.2. The fourth-order valence-electron chi connectivity index (χ4n) is 17.5. The maximum atomic E-state index is 17.0. The zero-order chi connectivity index (χ0) is 98.5. The number of phenols is 4. The Morgan fingerprint density at radius 1 is 0.489 bits per heavy atom. The Labute approximate surface area is 788 Å². The number of aliphatic carboxylic acids is 1. The molecule has 10 heterocycles. The number of phenolic OH excluding ortho intramolecular Hbond substituents is 4. The van der Waals surface area contributed by atoms with Crippen molar-refractivity contribution in [2.75, 3.05) is 27.4 Å². The van der Waals surface area contributed by atoms with Gasteiger partial charge in [-0.3, -0.25) is 28.8 Å². The molecule has 10 aliphatic rings. The van der Waals surface area contributed by atoms with Gasteiger partial charge in [0, 0.05) is 54.8 Å². The van der Waals surface area contributed by atoms with E-state index in [0.717, 1.165) is 72.8 Å². The van der Waals surface area contributed by atoms with Crippen LogP contribution in [0.2, 0.25) is 10.0 Å². The number of aliphatic hydroxyl groups is 11. The number of nitrogens with one attached hydrogen (secondary N) is 7. The second-order valence-electron chi connectivity index (χ2n) is 34.2. The van der Waals surface area contributed by atoms with Crippen molar-refractivity contribution >= 4 is 64.6 Å². The lowest BCUT2D eigenvalue weighted by atomic mass is 9.89. The molecule has 5 saturated heterocycles. The lowest BCUT2D eigenvalue weighted by Gasteiger charge is -2.44. The summed E-state index contributed by atoms with van der Waals surface area (Å²) in [6.07, 6.45) is -39.1. The summed E-state index contributed by atoms with van der Waals surface area (Å²) < 4.78 is 82.0. The molecule has 0 saturated carbocycles. The van der Waals surface area contributed by atoms with Crippen LogP contribution in [0.15, 0.2) is 127 Å². The fourth-order valence-corrected chi connectivity index (χ4v) is 17.9. The Balaban J connectivity index is 0.955. The van der Waals surface area contributed by atoms with Gasteiger partial charge in [-0.15, -0.1) is 0 Å². The van der Waals surface area contributed by atoms with Crippen LogP contribution in [-0.2, 0) is 76.2 Å². The van der Waals surface area contributed by atoms with Gasteiger partial charge < -0.3 is 192 Å². The summed E-state index contributed by atoms with van der Waals surface area (Å²) in [6.45, 7) is 2.33. The SMILES string of the molecule is CNC(C(=O)N[C@H]1C(=O)NC(c2ccc(O)c(Cl)c2)C(=O)N[C@H]2C(=O)N[C@H]3C(=O)N[C@H](C(=O)N[C@@H](C(=O)O)c4cc(O)cc(O)c4-c4cc3ccc4O)[C@H](O[C@H]3C[C@H](N)[C@@H](O)[C@H](C)O3)c3ccc(c(Cl)c3)Oc3cc2cc(c3O[C@@H]2O[C@H](CO)[C@@H](O)C(O)[C@H]2O[C@H]2C[C@H](N)[C@@H](O)[C@H](C)O2)Oc2ccc(cc2)[C@H]1OC1OC(CO)C(O)C(O)C1O)c1ccc(OC2OC(C)C(O)C(O)C2OC)cc1. The Kier molecular flexibility index (Phi) is 30.7. The monoisotopic (exact) mass is 1960 g/mol. The van der Waals surface area contributed by atoms with Crippen LogP contribution in [0.3, 0.4) is 0 Å². The molecule has 11 bridgehead atoms. The van der Waals surface area contributed by atoms with Gasteiger partial charge in [-0.25, -0.2) is 4.79 Å². The molecular formula is C90H103Cl2N9O36. The van der Waals surface area contributed by atoms with Gasteiger partial charge in [0.1, 0.15) is 150 Å². The van der Waals surface area contributed by atoms with Gasteiger partial charge in [-0.1, -0.05) is 65.7 Å². The molecule has 0 aromatic heterocycles. The smallest absolute Gasteiger partial charge is 0.330 e. The Hall–Kier alpha value is -11.1. The first-order valence-electron chi connectivity index (χ1n) is 43.3. The molecule has 738 valence electrons. The first-order valence-corrected chi connectivity index (χ1v) is 44.1. The van der Waals surface area contributed by atoms with Crippen LogP contribution in [0.25, 0.3) is 11.1 Å². The topological polar surface area (TPSA) is 699 Å². The van der Waals surface area contributed by atoms with Crippen LogP contribution in [0.4, 0.5) is 0 Å². The van der Waals surface area contributed by atoms with Crippen molar-refractivity contribution in [2.45, 2.75) is 229 Å². The molecule has 6 amide bonds. The summed E-state index contributed by atoms with van der Waals surface area (Å²) in [5.74, 6) is -16.1. The normalized spacial score (nSPS) is 33.8. The summed E-state index contributed by atoms with van der Waals surface area (Å²) in [5, 5.41) is 198. The number of benzene rings is 7. The molecular weight excluding hydrogens is 1850 g/mol. The molecule has 27 N–H and O–H groups in total. The minimum atomic E-state index is -2.49. The molecule has 137 heavy (non-hydrogen) atoms. The van der Waals surface area contributed by atoms with Crippen LogP contribution < -0.4 is 67.6 Å². The average molecular weight is 1960 g/mol. The van der Waals surface area contributed by atoms with Crippen LogP contribution in [0, 0.1) is 0 Å². The van der Waals surface area contributed by atoms with E-state index in [1.807, 2.05) is 0 Å². The average Bonchev–Trinajstić information content (AvgIpc) is 0.759. The molecule has 7 aromatic carbocycles. The van der Waals surface area contributed by atoms with Crippen LogP contribution in [0.1, 0.15) is 115 Å². The van der Waals surface area contributed by atoms with Gasteiger partial charge in [0.2, 0.25) is 53.8 Å². The van der Waals surface area contributed by atoms with Gasteiger partial charge >= 0.3 is 5.97 Å². The van der Waals surface area contributed by atoms with Crippen LogP contribution in [0.5, 0.6) is 57.5 Å². The number of fused-ring (bicyclic) bond motifs is 15. The number of aliphatic hydroxyl groups excluding tert-OH is 11. The third-order valence-corrected chi connectivity index (χ3v) is 25.6. The Morgan fingerprint density at radius 2 is 1.03 bits per heavy atom. The number of carboxylic acids is 1. The van der Waals surface area contributed by atoms with Crippen molar-refractivity contribution in [1.82, 2.24) is 37.2 Å². The van der Waals surface area contributed by atoms with E-state index < -0.39 is 334 Å². The lowest BCUT2D eigenvalue weighted by molar-refractivity contribution is -0.330. The van der Waals surface area contributed by atoms with Gasteiger partial charge in [0.15, 0.2) is 42.5 Å². The van der Waals surface area contributed by atoms with E-state index in [1.165, 1.54) is 89.5 Å². The number of carbonyl (C=O) groups is 7. The predicted molar refractivity (Wildman–Crippen MR) is 466 cm³/mol. The predicted octanol–water partition coefficient (Wildman–Crippen LogP) is -1.22. The highest BCUT2D eigenvalue weighted by Gasteiger charge is 2.53. The highest BCUT2D eigenvalue weighted by Crippen LogP contribution is 2.51. The third kappa shape index (κ3) is 21.0. The second-order valence-corrected chi connectivity index (χ2v) is 35.0. The Morgan fingerprint density at radius 3 is 1.63 bits per heavy atom. The van der Waals surface area contributed by atoms with Gasteiger partial charge in [-0.2, -0.15) is 0 Å². The van der Waals surface area contributed by atoms with E-state index in [0.29, 0.717) is 0 Å². The number of ether oxygens (including phenoxy) is 13. The number of nitrogens with two attached hydrogens (primary N) is 2. The highest BCUT2D eigenvalue weighted by molar-refractivity contribution is 6.32. The van der Waals surface area contributed by atoms with Crippen molar-refractivity contribution in [2.24, 2.45) is 11.5 Å². The van der Waals surface area contributed by atoms with Crippen LogP contribution in [-0.4, -0.2) is 304 Å². The molecule has 17 rings (SSSR count). The number of hydrogen-bond donors (Lipinski definition) is 25. The maximum Gasteiger partial charge on any atom is 0.330 e. The van der Waals surface area contributed by atoms with Gasteiger partial charge in [0.05, 0.1) is 53.8 Å². The fraction of sp³-hybridized carbons (Fsp3) is 0.456. The highest BCUT2D eigenvalue weighted by atomic mass is 35.5. The molecule has 0 radical (unpaired) electrons. The van der Waals surface area contributed by atoms with Gasteiger partial charge in [0.25, 0.3) is 0 Å². The number of likely N-dealkylation sites (N-methyl/N-ethyl adjacent to an activating group) is 1. The van der Waals surface area contributed by atoms with Crippen molar-refractivity contribution < 1.29 is 177 Å². The number of carboxylic acid groups (broad SMARTS) is 1. The number of amides is 6. The summed E-state index contributed by atoms with van der Waals surface area (Å²) >= 11 is 14.2. The summed E-state index contributed by atoms with van der Waals surface area (Å²) in [4.78, 5) is 112. The number of methoxy groups -OCH3 is 1. The molecule has 13 unspecified atom stereocenters. The van der Waals surface area contributed by atoms with E-state index >= 15 is 28.8 Å². The third-order valence-electron chi connectivity index (χ3n) is 25.0. The molecule has 0 aliphatic carbocycles. The zero-order valence-corrected chi connectivity index (χ0v) is 74.7. The van der Waals surface area contributed by atoms with Crippen molar-refractivity contribution in [3.8, 4) is 68.6 Å². The summed E-state index contributed by atoms with van der Waals surface area (Å²) in [5.41, 5.74) is 9.57. The lowest BCUT2D eigenvalue weighted by Crippen LogP contribution is -2.62. The molecule has 45 nitrogen and oxygen atoms in total. The van der Waals surface area contributed by atoms with Crippen LogP contribution >= 0.6 is 23.2 Å². The van der Waals surface area contributed by atoms with Crippen molar-refractivity contribution in [3.63, 3.8) is 0 Å². The minimum absolute atomic E-state index is 0.0847. The van der Waals surface area contributed by atoms with Gasteiger partial charge in [-0.05, 0) is 140 Å². The number of aromatic hydroxyl groups is 4. The van der Waals surface area contributed by atoms with E-state index in [2.05, 4.69) is 37.2 Å². The number of rotatable bonds is 19. The first kappa shape index (κ1) is 100. The summed E-state index contributed by atoms with van der Waals surface area (Å²) in [6, 6.07) is 5.97. The standard InChI is InChI=1S/C90H103Cl2N9O36/c1-31-67(108)47(93)27-57(126-31)134-77-38-12-19-52(46(92)22-38)131-54-24-39-23-53(78(54)137-90-80(74(115)71(112)56(30-103)133-90)135-58-28-48(94)68(109)32(2)127-58)129-41-15-8-35(9-16-41)76(136-88-75(116)72(113)70(111)55(29-102)132-88)65(100-81(117)60(95-4)34-6-13-42(14-7-34)130-89-79(125-5)73(114)69(110)33(3)128-89)85(121)97-62(37-11-18-50(106)45(91)21-37)82(118)98-63(39)84(120)96-61-36-10-17-49(105)43(20-36)59-44(25-40(104)26-51(59)107)64(87(123)124)99-86(122)66(77)101-83(61)119/h6-26,31-33,47-48,55-58,60-77,79-80,88-90,95,102-116H,27-30,93-94H2,1-5H3,(H,96,120)(H,97,121)(H,98,118)(H,99,122)(H,100,117)(H,101,119)(H,123,124)/t31-,32-,33?,47-,48-,55?,56+,57-,58-,60?,61+,62?,63+,64+,65+,66-,67-,68-,69?,70?,71+,72?,73?,74?,75?,76+,77+,79?,80+,88?,89?,90-/m0/s1. The Bertz CT molecular complexity index is 5580. The van der Waals surface area contributed by atoms with E-state index in [9.17, 15) is 86.5 Å². The zero-order valence-electron chi connectivity index (χ0n) is 73.2. The molecule has 0 spiro atoms. The second kappa shape index (κ2) is 41.9. The molecule has 32 atom stereocenters. The molecule has 5 fully saturated rings. The van der Waals surface area contributed by atoms with E-state index in [1.54, 1.807) is 0 Å². The molecule has 47 heteroatoms. The number of halogens is 2. The number of carbonyl (C=O) groups excluding carboxylic acids is 6. The molecule has 7 aromatic rings. The van der Waals surface area contributed by atoms with E-state index in [4.69, 9.17) is 96.2 Å². The quantitative estimate of drug-likeness (QED) is 0.0451. The largest absolute Gasteiger partial charge is 0.508 e. The molecule has 10 aliphatic heterocycles. The minimum Gasteiger partial charge on any atom is -0.508 e. The number of hydrogen-bond acceptors (Lipinski definition) is 38. The van der Waals surface area contributed by atoms with Crippen molar-refractivity contribution in [1.29, 1.82) is 0 Å². The van der Waals surface area contributed by atoms with E-state index in [-0.39, 0.29) is 46.6 Å². The maximum absolute atomic E-state index is 17.0. The van der Waals surface area contributed by atoms with Crippen molar-refractivity contribution in [3.05, 3.63) is 176 Å².